The molecule has 0 aliphatic carbocycles. The maximum absolute atomic E-state index is 12.1. The maximum Gasteiger partial charge on any atom is 0.258 e. The summed E-state index contributed by atoms with van der Waals surface area (Å²) < 4.78 is 4.90. The first-order chi connectivity index (χ1) is 9.11. The van der Waals surface area contributed by atoms with E-state index >= 15 is 0 Å². The van der Waals surface area contributed by atoms with Gasteiger partial charge in [-0.05, 0) is 35.4 Å². The summed E-state index contributed by atoms with van der Waals surface area (Å²) in [6, 6.07) is 10.7. The Morgan fingerprint density at radius 3 is 2.58 bits per heavy atom. The third-order valence-electron chi connectivity index (χ3n) is 2.70. The summed E-state index contributed by atoms with van der Waals surface area (Å²) in [5.74, 6) is -0.205. The highest BCUT2D eigenvalue weighted by Crippen LogP contribution is 2.19. The van der Waals surface area contributed by atoms with Gasteiger partial charge in [-0.25, -0.2) is 0 Å². The summed E-state index contributed by atoms with van der Waals surface area (Å²) in [5.41, 5.74) is 1.88. The Hall–Kier alpha value is -2.25. The summed E-state index contributed by atoms with van der Waals surface area (Å²) >= 11 is 5.77. The van der Waals surface area contributed by atoms with Crippen LogP contribution in [0.3, 0.4) is 0 Å². The first kappa shape index (κ1) is 13.2. The van der Waals surface area contributed by atoms with Crippen molar-refractivity contribution in [3.8, 4) is 6.07 Å². The zero-order chi connectivity index (χ0) is 13.8. The normalized spacial score (nSPS) is 9.95. The Morgan fingerprint density at radius 2 is 2.05 bits per heavy atom. The van der Waals surface area contributed by atoms with Crippen LogP contribution in [-0.2, 0) is 6.54 Å². The fourth-order valence-electron chi connectivity index (χ4n) is 1.68. The van der Waals surface area contributed by atoms with Gasteiger partial charge in [0.25, 0.3) is 5.91 Å². The Bertz CT molecular complexity index is 626. The zero-order valence-electron chi connectivity index (χ0n) is 10.3. The van der Waals surface area contributed by atoms with Gasteiger partial charge in [-0.1, -0.05) is 12.1 Å². The van der Waals surface area contributed by atoms with Crippen LogP contribution in [-0.4, -0.2) is 17.9 Å². The molecule has 0 saturated carbocycles. The third-order valence-corrected chi connectivity index (χ3v) is 2.99. The molecule has 0 aliphatic rings. The van der Waals surface area contributed by atoms with Crippen LogP contribution >= 0.6 is 11.6 Å². The van der Waals surface area contributed by atoms with Crippen LogP contribution in [0.25, 0.3) is 0 Å². The van der Waals surface area contributed by atoms with Crippen molar-refractivity contribution in [1.82, 2.24) is 4.90 Å². The predicted octanol–water partition coefficient (Wildman–Crippen LogP) is 3.08. The van der Waals surface area contributed by atoms with E-state index in [9.17, 15) is 4.79 Å². The number of benzene rings is 1. The predicted molar refractivity (Wildman–Crippen MR) is 70.7 cm³/mol. The molecule has 96 valence electrons. The van der Waals surface area contributed by atoms with E-state index in [1.165, 1.54) is 11.2 Å². The van der Waals surface area contributed by atoms with Gasteiger partial charge in [0.05, 0.1) is 23.5 Å². The second kappa shape index (κ2) is 5.59. The van der Waals surface area contributed by atoms with Crippen LogP contribution < -0.4 is 0 Å². The Balaban J connectivity index is 2.08. The molecule has 0 saturated heterocycles. The molecule has 0 bridgehead atoms. The molecule has 0 atom stereocenters. The number of halogens is 1. The Kier molecular flexibility index (Phi) is 3.88. The van der Waals surface area contributed by atoms with Crippen LogP contribution in [0.15, 0.2) is 41.0 Å². The average molecular weight is 275 g/mol. The monoisotopic (exact) mass is 274 g/mol. The van der Waals surface area contributed by atoms with Crippen molar-refractivity contribution in [3.05, 3.63) is 58.5 Å². The lowest BCUT2D eigenvalue weighted by Crippen LogP contribution is -2.26. The fourth-order valence-corrected chi connectivity index (χ4v) is 1.88. The second-order valence-corrected chi connectivity index (χ2v) is 4.42. The SMILES string of the molecule is CN(Cc1ccc(C#N)cc1)C(=O)c1ccoc1Cl. The molecule has 1 aromatic carbocycles. The fraction of sp³-hybridized carbons (Fsp3) is 0.143. The number of carbonyl (C=O) groups excluding carboxylic acids is 1. The molecule has 4 nitrogen and oxygen atoms in total. The number of amides is 1. The van der Waals surface area contributed by atoms with Gasteiger partial charge >= 0.3 is 0 Å². The number of nitriles is 1. The van der Waals surface area contributed by atoms with E-state index < -0.39 is 0 Å². The molecule has 0 aliphatic heterocycles. The van der Waals surface area contributed by atoms with Gasteiger partial charge in [-0.2, -0.15) is 5.26 Å². The largest absolute Gasteiger partial charge is 0.452 e. The molecule has 0 unspecified atom stereocenters. The quantitative estimate of drug-likeness (QED) is 0.864. The minimum absolute atomic E-state index is 0.0941. The molecule has 1 amide bonds. The minimum atomic E-state index is -0.205. The molecular weight excluding hydrogens is 264 g/mol. The van der Waals surface area contributed by atoms with Crippen LogP contribution in [0, 0.1) is 11.3 Å². The van der Waals surface area contributed by atoms with Gasteiger partial charge < -0.3 is 9.32 Å². The molecule has 19 heavy (non-hydrogen) atoms. The van der Waals surface area contributed by atoms with Crippen LogP contribution in [0.4, 0.5) is 0 Å². The van der Waals surface area contributed by atoms with E-state index in [2.05, 4.69) is 0 Å². The van der Waals surface area contributed by atoms with Crippen molar-refractivity contribution >= 4 is 17.5 Å². The number of hydrogen-bond donors (Lipinski definition) is 0. The third kappa shape index (κ3) is 2.95. The first-order valence-corrected chi connectivity index (χ1v) is 5.97. The maximum atomic E-state index is 12.1. The molecule has 5 heteroatoms. The Labute approximate surface area is 115 Å². The van der Waals surface area contributed by atoms with Gasteiger partial charge in [0.1, 0.15) is 0 Å². The zero-order valence-corrected chi connectivity index (χ0v) is 11.0. The van der Waals surface area contributed by atoms with E-state index in [4.69, 9.17) is 21.3 Å². The van der Waals surface area contributed by atoms with Gasteiger partial charge in [-0.15, -0.1) is 0 Å². The van der Waals surface area contributed by atoms with E-state index in [1.54, 1.807) is 25.2 Å². The topological polar surface area (TPSA) is 57.2 Å². The van der Waals surface area contributed by atoms with Crippen molar-refractivity contribution < 1.29 is 9.21 Å². The summed E-state index contributed by atoms with van der Waals surface area (Å²) in [6.45, 7) is 0.437. The average Bonchev–Trinajstić information content (AvgIpc) is 2.85. The van der Waals surface area contributed by atoms with Gasteiger partial charge in [0.15, 0.2) is 0 Å². The molecule has 0 radical (unpaired) electrons. The van der Waals surface area contributed by atoms with Crippen molar-refractivity contribution in [2.75, 3.05) is 7.05 Å². The lowest BCUT2D eigenvalue weighted by molar-refractivity contribution is 0.0784. The van der Waals surface area contributed by atoms with E-state index in [0.29, 0.717) is 17.7 Å². The number of rotatable bonds is 3. The van der Waals surface area contributed by atoms with Crippen LogP contribution in [0.1, 0.15) is 21.5 Å². The van der Waals surface area contributed by atoms with Crippen LogP contribution in [0.5, 0.6) is 0 Å². The van der Waals surface area contributed by atoms with Crippen molar-refractivity contribution in [2.45, 2.75) is 6.54 Å². The van der Waals surface area contributed by atoms with E-state index in [-0.39, 0.29) is 11.1 Å². The second-order valence-electron chi connectivity index (χ2n) is 4.08. The van der Waals surface area contributed by atoms with E-state index in [0.717, 1.165) is 5.56 Å². The summed E-state index contributed by atoms with van der Waals surface area (Å²) in [6.07, 6.45) is 1.38. The first-order valence-electron chi connectivity index (χ1n) is 5.59. The molecule has 1 heterocycles. The number of furan rings is 1. The van der Waals surface area contributed by atoms with E-state index in [1.807, 2.05) is 18.2 Å². The molecule has 0 fully saturated rings. The highest BCUT2D eigenvalue weighted by atomic mass is 35.5. The lowest BCUT2D eigenvalue weighted by atomic mass is 10.1. The lowest BCUT2D eigenvalue weighted by Gasteiger charge is -2.16. The molecule has 0 N–H and O–H groups in total. The highest BCUT2D eigenvalue weighted by Gasteiger charge is 2.17. The molecule has 1 aromatic heterocycles. The molecular formula is C14H11ClN2O2. The summed E-state index contributed by atoms with van der Waals surface area (Å²) in [5, 5.41) is 8.81. The Morgan fingerprint density at radius 1 is 1.37 bits per heavy atom. The van der Waals surface area contributed by atoms with Crippen molar-refractivity contribution in [3.63, 3.8) is 0 Å². The van der Waals surface area contributed by atoms with Gasteiger partial charge in [0, 0.05) is 13.6 Å². The smallest absolute Gasteiger partial charge is 0.258 e. The molecule has 2 rings (SSSR count). The molecule has 2 aromatic rings. The van der Waals surface area contributed by atoms with Crippen LogP contribution in [0.2, 0.25) is 5.22 Å². The summed E-state index contributed by atoms with van der Waals surface area (Å²) in [7, 11) is 1.68. The van der Waals surface area contributed by atoms with Gasteiger partial charge in [0.2, 0.25) is 5.22 Å². The highest BCUT2D eigenvalue weighted by molar-refractivity contribution is 6.32. The summed E-state index contributed by atoms with van der Waals surface area (Å²) in [4.78, 5) is 13.6. The number of carbonyl (C=O) groups is 1. The number of hydrogen-bond acceptors (Lipinski definition) is 3. The number of nitrogens with zero attached hydrogens (tertiary/aromatic N) is 2. The van der Waals surface area contributed by atoms with Gasteiger partial charge in [-0.3, -0.25) is 4.79 Å². The minimum Gasteiger partial charge on any atom is -0.452 e. The molecule has 0 spiro atoms. The standard InChI is InChI=1S/C14H11ClN2O2/c1-17(14(18)12-6-7-19-13(12)15)9-11-4-2-10(8-16)3-5-11/h2-7H,9H2,1H3. The van der Waals surface area contributed by atoms with Crippen molar-refractivity contribution in [2.24, 2.45) is 0 Å². The van der Waals surface area contributed by atoms with Crippen molar-refractivity contribution in [1.29, 1.82) is 5.26 Å².